The molecule has 0 aromatic carbocycles. The average Bonchev–Trinajstić information content (AvgIpc) is 2.42. The molecule has 0 fully saturated rings. The van der Waals surface area contributed by atoms with E-state index in [1.807, 2.05) is 0 Å². The van der Waals surface area contributed by atoms with Gasteiger partial charge in [0.05, 0.1) is 35.8 Å². The summed E-state index contributed by atoms with van der Waals surface area (Å²) in [5.41, 5.74) is 0. The fraction of sp³-hybridized carbons (Fsp3) is 0.600. The number of carbonyl (C=O) groups is 6. The van der Waals surface area contributed by atoms with E-state index in [1.165, 1.54) is 21.1 Å². The fourth-order valence-corrected chi connectivity index (χ4v) is 1.49. The molecule has 0 spiro atoms. The summed E-state index contributed by atoms with van der Waals surface area (Å²) in [6.07, 6.45) is 0. The maximum Gasteiger partial charge on any atom is 3.00 e. The Balaban J connectivity index is -0.000000110. The second kappa shape index (κ2) is 23.4. The molecule has 0 bridgehead atoms. The van der Waals surface area contributed by atoms with Crippen molar-refractivity contribution in [3.8, 4) is 0 Å². The summed E-state index contributed by atoms with van der Waals surface area (Å²) in [7, 11) is 4.06. The van der Waals surface area contributed by atoms with Gasteiger partial charge in [0.15, 0.2) is 0 Å². The summed E-state index contributed by atoms with van der Waals surface area (Å²) < 4.78 is 0. The van der Waals surface area contributed by atoms with Gasteiger partial charge in [-0.1, -0.05) is 0 Å². The van der Waals surface area contributed by atoms with Gasteiger partial charge >= 0.3 is 34.1 Å². The predicted octanol–water partition coefficient (Wildman–Crippen LogP) is -10.8. The summed E-state index contributed by atoms with van der Waals surface area (Å²) in [6.45, 7) is -2.37. The number of carbonyl (C=O) groups excluding carboxylic acids is 6. The summed E-state index contributed by atoms with van der Waals surface area (Å²) in [5.74, 6) is -7.81. The van der Waals surface area contributed by atoms with Crippen molar-refractivity contribution in [2.24, 2.45) is 0 Å². The molecule has 0 N–H and O–H groups in total. The van der Waals surface area contributed by atoms with Gasteiger partial charge in [0, 0.05) is 39.3 Å². The van der Waals surface area contributed by atoms with Crippen molar-refractivity contribution in [1.82, 2.24) is 14.7 Å². The van der Waals surface area contributed by atoms with E-state index in [1.54, 1.807) is 0 Å². The van der Waals surface area contributed by atoms with E-state index in [0.29, 0.717) is 0 Å². The van der Waals surface area contributed by atoms with Crippen molar-refractivity contribution < 1.29 is 93.5 Å². The number of rotatable bonds is 12. The van der Waals surface area contributed by atoms with Gasteiger partial charge in [0.25, 0.3) is 0 Å². The molecular formula is C15H21Fe2N3O12. The number of hydrogen-bond acceptors (Lipinski definition) is 15. The molecule has 32 heavy (non-hydrogen) atoms. The Morgan fingerprint density at radius 1 is 0.406 bits per heavy atom. The maximum absolute atomic E-state index is 9.83. The summed E-state index contributed by atoms with van der Waals surface area (Å²) in [5, 5.41) is 59.0. The fourth-order valence-electron chi connectivity index (χ4n) is 1.49. The van der Waals surface area contributed by atoms with Crippen molar-refractivity contribution in [1.29, 1.82) is 0 Å². The summed E-state index contributed by atoms with van der Waals surface area (Å²) in [6, 6.07) is 0. The van der Waals surface area contributed by atoms with Gasteiger partial charge in [0.2, 0.25) is 0 Å². The monoisotopic (exact) mass is 547 g/mol. The van der Waals surface area contributed by atoms with E-state index in [9.17, 15) is 59.4 Å². The topological polar surface area (TPSA) is 250 Å². The number of carboxylic acids is 6. The van der Waals surface area contributed by atoms with Crippen LogP contribution in [0.4, 0.5) is 0 Å². The first kappa shape index (κ1) is 40.1. The maximum atomic E-state index is 9.83. The molecule has 0 aliphatic carbocycles. The minimum Gasteiger partial charge on any atom is -0.549 e. The van der Waals surface area contributed by atoms with Gasteiger partial charge in [-0.25, -0.2) is 0 Å². The van der Waals surface area contributed by atoms with Gasteiger partial charge in [-0.3, -0.25) is 14.7 Å². The zero-order valence-electron chi connectivity index (χ0n) is 17.2. The SMILES string of the molecule is CN(CC(=O)[O-])CC(=O)[O-].CN(CC(=O)[O-])CC(=O)[O-].CN(CC(=O)[O-])CC(=O)[O-].[Fe+3].[Fe+3]. The van der Waals surface area contributed by atoms with E-state index >= 15 is 0 Å². The minimum atomic E-state index is -1.30. The van der Waals surface area contributed by atoms with Crippen LogP contribution in [0.25, 0.3) is 0 Å². The molecule has 0 aromatic rings. The van der Waals surface area contributed by atoms with E-state index in [0.717, 1.165) is 14.7 Å². The molecule has 0 saturated heterocycles. The van der Waals surface area contributed by atoms with Crippen LogP contribution in [0.15, 0.2) is 0 Å². The van der Waals surface area contributed by atoms with Crippen LogP contribution in [0.1, 0.15) is 0 Å². The van der Waals surface area contributed by atoms with E-state index < -0.39 is 75.1 Å². The smallest absolute Gasteiger partial charge is 0.549 e. The van der Waals surface area contributed by atoms with Crippen molar-refractivity contribution >= 4 is 35.8 Å². The normalized spacial score (nSPS) is 9.19. The standard InChI is InChI=1S/3C5H9NO4.2Fe/c3*1-6(2-4(7)8)3-5(9)10;;/h3*2-3H2,1H3,(H,7,8)(H,9,10);;/q;;;2*+3/p-6. The predicted molar refractivity (Wildman–Crippen MR) is 82.5 cm³/mol. The molecule has 0 amide bonds. The third-order valence-corrected chi connectivity index (χ3v) is 2.39. The molecule has 2 radical (unpaired) electrons. The quantitative estimate of drug-likeness (QED) is 0.206. The van der Waals surface area contributed by atoms with Crippen LogP contribution in [-0.2, 0) is 62.9 Å². The third kappa shape index (κ3) is 42.0. The Hall–Kier alpha value is -2.26. The molecule has 0 atom stereocenters. The molecule has 0 saturated carbocycles. The van der Waals surface area contributed by atoms with Crippen molar-refractivity contribution in [3.63, 3.8) is 0 Å². The first-order valence-corrected chi connectivity index (χ1v) is 7.81. The first-order chi connectivity index (χ1) is 13.6. The zero-order valence-corrected chi connectivity index (χ0v) is 19.4. The van der Waals surface area contributed by atoms with Crippen LogP contribution in [-0.4, -0.2) is 111 Å². The molecular weight excluding hydrogens is 526 g/mol. The Labute approximate surface area is 204 Å². The second-order valence-electron chi connectivity index (χ2n) is 5.75. The van der Waals surface area contributed by atoms with Crippen LogP contribution in [0.2, 0.25) is 0 Å². The Morgan fingerprint density at radius 3 is 0.562 bits per heavy atom. The third-order valence-electron chi connectivity index (χ3n) is 2.39. The van der Waals surface area contributed by atoms with Gasteiger partial charge in [-0.05, 0) is 21.1 Å². The molecule has 15 nitrogen and oxygen atoms in total. The number of hydrogen-bond donors (Lipinski definition) is 0. The summed E-state index contributed by atoms with van der Waals surface area (Å²) >= 11 is 0. The molecule has 184 valence electrons. The molecule has 0 aromatic heterocycles. The van der Waals surface area contributed by atoms with Gasteiger partial charge < -0.3 is 59.4 Å². The number of nitrogens with zero attached hydrogens (tertiary/aromatic N) is 3. The second-order valence-corrected chi connectivity index (χ2v) is 5.75. The van der Waals surface area contributed by atoms with Crippen LogP contribution < -0.4 is 30.6 Å². The summed E-state index contributed by atoms with van der Waals surface area (Å²) in [4.78, 5) is 62.2. The van der Waals surface area contributed by atoms with E-state index in [-0.39, 0.29) is 34.1 Å². The molecule has 0 rings (SSSR count). The number of aliphatic carboxylic acids is 6. The zero-order chi connectivity index (χ0) is 24.4. The van der Waals surface area contributed by atoms with Crippen molar-refractivity contribution in [2.45, 2.75) is 0 Å². The van der Waals surface area contributed by atoms with E-state index in [4.69, 9.17) is 0 Å². The Morgan fingerprint density at radius 2 is 0.500 bits per heavy atom. The van der Waals surface area contributed by atoms with Crippen LogP contribution in [0.5, 0.6) is 0 Å². The molecule has 0 aliphatic heterocycles. The Bertz CT molecular complexity index is 477. The van der Waals surface area contributed by atoms with Crippen LogP contribution >= 0.6 is 0 Å². The van der Waals surface area contributed by atoms with Gasteiger partial charge in [-0.15, -0.1) is 0 Å². The van der Waals surface area contributed by atoms with Crippen LogP contribution in [0, 0.1) is 0 Å². The van der Waals surface area contributed by atoms with Gasteiger partial charge in [0.1, 0.15) is 0 Å². The number of likely N-dealkylation sites (N-methyl/N-ethyl adjacent to an activating group) is 3. The van der Waals surface area contributed by atoms with Crippen molar-refractivity contribution in [3.05, 3.63) is 0 Å². The van der Waals surface area contributed by atoms with E-state index in [2.05, 4.69) is 0 Å². The van der Waals surface area contributed by atoms with Gasteiger partial charge in [-0.2, -0.15) is 0 Å². The molecule has 0 heterocycles. The number of carboxylic acid groups (broad SMARTS) is 6. The minimum absolute atomic E-state index is 0. The van der Waals surface area contributed by atoms with Crippen LogP contribution in [0.3, 0.4) is 0 Å². The van der Waals surface area contributed by atoms with Crippen molar-refractivity contribution in [2.75, 3.05) is 60.4 Å². The largest absolute Gasteiger partial charge is 3.00 e. The molecule has 17 heteroatoms. The Kier molecular flexibility index (Phi) is 29.4. The first-order valence-electron chi connectivity index (χ1n) is 7.81. The molecule has 0 aliphatic rings. The molecule has 0 unspecified atom stereocenters. The average molecular weight is 547 g/mol.